The minimum Gasteiger partial charge on any atom is -0.460 e. The number of para-hydroxylation sites is 1. The fourth-order valence-electron chi connectivity index (χ4n) is 2.51. The van der Waals surface area contributed by atoms with Crippen LogP contribution in [0.5, 0.6) is 17.2 Å². The number of benzene rings is 2. The number of hydrogen-bond acceptors (Lipinski definition) is 6. The maximum atomic E-state index is 12.6. The van der Waals surface area contributed by atoms with Crippen LogP contribution in [0.25, 0.3) is 11.0 Å². The van der Waals surface area contributed by atoms with E-state index >= 15 is 0 Å². The number of fused-ring (bicyclic) bond motifs is 1. The molecule has 0 fully saturated rings. The van der Waals surface area contributed by atoms with Crippen LogP contribution >= 0.6 is 0 Å². The maximum Gasteiger partial charge on any atom is 0.328 e. The Bertz CT molecular complexity index is 996. The molecule has 2 unspecified atom stereocenters. The van der Waals surface area contributed by atoms with Crippen molar-refractivity contribution in [2.24, 2.45) is 11.7 Å². The van der Waals surface area contributed by atoms with Gasteiger partial charge in [0.2, 0.25) is 11.2 Å². The zero-order chi connectivity index (χ0) is 19.4. The molecule has 3 rings (SSSR count). The van der Waals surface area contributed by atoms with Gasteiger partial charge in [-0.3, -0.25) is 4.79 Å². The Morgan fingerprint density at radius 1 is 1.15 bits per heavy atom. The summed E-state index contributed by atoms with van der Waals surface area (Å²) < 4.78 is 16.4. The van der Waals surface area contributed by atoms with Crippen LogP contribution in [-0.2, 0) is 4.79 Å². The highest BCUT2D eigenvalue weighted by Gasteiger charge is 2.22. The number of rotatable bonds is 6. The number of ether oxygens (including phenoxy) is 2. The van der Waals surface area contributed by atoms with E-state index in [2.05, 4.69) is 0 Å². The third kappa shape index (κ3) is 4.17. The normalized spacial score (nSPS) is 13.1. The van der Waals surface area contributed by atoms with Crippen LogP contribution in [0.1, 0.15) is 20.3 Å². The highest BCUT2D eigenvalue weighted by molar-refractivity contribution is 5.82. The third-order valence-corrected chi connectivity index (χ3v) is 4.43. The number of hydrogen-bond donors (Lipinski definition) is 1. The predicted molar refractivity (Wildman–Crippen MR) is 102 cm³/mol. The summed E-state index contributed by atoms with van der Waals surface area (Å²) >= 11 is 0. The van der Waals surface area contributed by atoms with Crippen LogP contribution in [0.2, 0.25) is 0 Å². The Hall–Kier alpha value is -3.12. The Labute approximate surface area is 156 Å². The molecule has 2 N–H and O–H groups in total. The number of esters is 1. The number of nitrogens with two attached hydrogens (primary N) is 1. The Kier molecular flexibility index (Phi) is 5.57. The largest absolute Gasteiger partial charge is 0.460 e. The van der Waals surface area contributed by atoms with E-state index in [0.29, 0.717) is 16.7 Å². The van der Waals surface area contributed by atoms with Crippen molar-refractivity contribution in [2.75, 3.05) is 0 Å². The Morgan fingerprint density at radius 3 is 2.59 bits per heavy atom. The van der Waals surface area contributed by atoms with Crippen molar-refractivity contribution in [1.29, 1.82) is 0 Å². The van der Waals surface area contributed by atoms with Gasteiger partial charge >= 0.3 is 5.97 Å². The van der Waals surface area contributed by atoms with E-state index in [-0.39, 0.29) is 22.8 Å². The first-order valence-corrected chi connectivity index (χ1v) is 8.75. The van der Waals surface area contributed by atoms with Gasteiger partial charge in [0.05, 0.1) is 5.39 Å². The highest BCUT2D eigenvalue weighted by atomic mass is 16.5. The summed E-state index contributed by atoms with van der Waals surface area (Å²) in [6.45, 7) is 3.84. The van der Waals surface area contributed by atoms with Gasteiger partial charge in [-0.2, -0.15) is 0 Å². The average Bonchev–Trinajstić information content (AvgIpc) is 2.69. The topological polar surface area (TPSA) is 91.8 Å². The van der Waals surface area contributed by atoms with Crippen molar-refractivity contribution >= 4 is 16.9 Å². The second-order valence-corrected chi connectivity index (χ2v) is 6.33. The van der Waals surface area contributed by atoms with Gasteiger partial charge in [-0.05, 0) is 30.2 Å². The van der Waals surface area contributed by atoms with Crippen LogP contribution < -0.4 is 20.6 Å². The van der Waals surface area contributed by atoms with E-state index < -0.39 is 12.0 Å². The van der Waals surface area contributed by atoms with Crippen LogP contribution in [0.4, 0.5) is 0 Å². The van der Waals surface area contributed by atoms with Gasteiger partial charge in [-0.1, -0.05) is 38.5 Å². The molecule has 0 aliphatic rings. The minimum absolute atomic E-state index is 0.00795. The highest BCUT2D eigenvalue weighted by Crippen LogP contribution is 2.24. The molecule has 0 saturated heterocycles. The molecule has 0 spiro atoms. The van der Waals surface area contributed by atoms with Crippen molar-refractivity contribution in [2.45, 2.75) is 26.3 Å². The molecular formula is C21H21NO5. The van der Waals surface area contributed by atoms with Gasteiger partial charge in [0.15, 0.2) is 0 Å². The first-order valence-electron chi connectivity index (χ1n) is 8.75. The lowest BCUT2D eigenvalue weighted by molar-refractivity contribution is -0.137. The predicted octanol–water partition coefficient (Wildman–Crippen LogP) is 3.86. The molecule has 27 heavy (non-hydrogen) atoms. The zero-order valence-electron chi connectivity index (χ0n) is 15.2. The molecule has 0 bridgehead atoms. The van der Waals surface area contributed by atoms with Gasteiger partial charge in [-0.15, -0.1) is 0 Å². The van der Waals surface area contributed by atoms with Gasteiger partial charge < -0.3 is 19.6 Å². The molecule has 0 radical (unpaired) electrons. The summed E-state index contributed by atoms with van der Waals surface area (Å²) in [5, 5.41) is 0.328. The van der Waals surface area contributed by atoms with Crippen molar-refractivity contribution in [3.05, 3.63) is 65.0 Å². The molecule has 0 amide bonds. The van der Waals surface area contributed by atoms with Crippen LogP contribution in [0.3, 0.4) is 0 Å². The standard InChI is InChI=1S/C21H21NO5/c1-3-13(2)19(22)21(24)27-15-9-10-16-17(11-15)25-12-18(20(16)23)26-14-7-5-4-6-8-14/h4-13,19H,3,22H2,1-2H3. The second kappa shape index (κ2) is 8.05. The van der Waals surface area contributed by atoms with Crippen molar-refractivity contribution in [1.82, 2.24) is 0 Å². The summed E-state index contributed by atoms with van der Waals surface area (Å²) in [7, 11) is 0. The van der Waals surface area contributed by atoms with E-state index in [9.17, 15) is 9.59 Å². The Balaban J connectivity index is 1.84. The van der Waals surface area contributed by atoms with Gasteiger partial charge in [0.1, 0.15) is 29.4 Å². The average molecular weight is 367 g/mol. The molecule has 1 heterocycles. The van der Waals surface area contributed by atoms with Crippen molar-refractivity contribution in [3.8, 4) is 17.2 Å². The quantitative estimate of drug-likeness (QED) is 0.525. The fourth-order valence-corrected chi connectivity index (χ4v) is 2.51. The van der Waals surface area contributed by atoms with Gasteiger partial charge in [0, 0.05) is 6.07 Å². The first kappa shape index (κ1) is 18.7. The number of carbonyl (C=O) groups is 1. The molecule has 0 aliphatic heterocycles. The van der Waals surface area contributed by atoms with Crippen molar-refractivity contribution in [3.63, 3.8) is 0 Å². The van der Waals surface area contributed by atoms with E-state index in [1.165, 1.54) is 24.5 Å². The van der Waals surface area contributed by atoms with E-state index in [1.54, 1.807) is 12.1 Å². The molecular weight excluding hydrogens is 346 g/mol. The fraction of sp³-hybridized carbons (Fsp3) is 0.238. The molecule has 0 aliphatic carbocycles. The monoisotopic (exact) mass is 367 g/mol. The minimum atomic E-state index is -0.709. The summed E-state index contributed by atoms with van der Waals surface area (Å²) in [6, 6.07) is 12.8. The molecule has 140 valence electrons. The van der Waals surface area contributed by atoms with Crippen molar-refractivity contribution < 1.29 is 18.7 Å². The molecule has 2 aromatic carbocycles. The van der Waals surface area contributed by atoms with Crippen LogP contribution in [0, 0.1) is 5.92 Å². The lowest BCUT2D eigenvalue weighted by Gasteiger charge is -2.16. The second-order valence-electron chi connectivity index (χ2n) is 6.33. The maximum absolute atomic E-state index is 12.6. The lowest BCUT2D eigenvalue weighted by atomic mass is 10.0. The van der Waals surface area contributed by atoms with Gasteiger partial charge in [-0.25, -0.2) is 4.79 Å². The smallest absolute Gasteiger partial charge is 0.328 e. The molecule has 1 aromatic heterocycles. The summed E-state index contributed by atoms with van der Waals surface area (Å²) in [6.07, 6.45) is 2.02. The molecule has 6 heteroatoms. The zero-order valence-corrected chi connectivity index (χ0v) is 15.2. The molecule has 3 aromatic rings. The SMILES string of the molecule is CCC(C)C(N)C(=O)Oc1ccc2c(=O)c(Oc3ccccc3)coc2c1. The molecule has 6 nitrogen and oxygen atoms in total. The van der Waals surface area contributed by atoms with Crippen LogP contribution in [-0.4, -0.2) is 12.0 Å². The Morgan fingerprint density at radius 2 is 1.89 bits per heavy atom. The van der Waals surface area contributed by atoms with Crippen LogP contribution in [0.15, 0.2) is 64.0 Å². The first-order chi connectivity index (χ1) is 13.0. The third-order valence-electron chi connectivity index (χ3n) is 4.43. The number of carbonyl (C=O) groups excluding carboxylic acids is 1. The summed E-state index contributed by atoms with van der Waals surface area (Å²) in [4.78, 5) is 24.7. The van der Waals surface area contributed by atoms with E-state index in [0.717, 1.165) is 6.42 Å². The van der Waals surface area contributed by atoms with E-state index in [1.807, 2.05) is 32.0 Å². The van der Waals surface area contributed by atoms with Gasteiger partial charge in [0.25, 0.3) is 0 Å². The lowest BCUT2D eigenvalue weighted by Crippen LogP contribution is -2.39. The van der Waals surface area contributed by atoms with E-state index in [4.69, 9.17) is 19.6 Å². The summed E-state index contributed by atoms with van der Waals surface area (Å²) in [5.41, 5.74) is 5.87. The molecule has 2 atom stereocenters. The summed E-state index contributed by atoms with van der Waals surface area (Å²) in [5.74, 6) is 0.376. The molecule has 0 saturated carbocycles.